The van der Waals surface area contributed by atoms with Gasteiger partial charge < -0.3 is 0 Å². The standard InChI is InChI=1S/C15H17BrFN3/c16-14-10-12(2-4-15(14)17)9-13(20-18)3-1-11-5-7-19-8-6-11/h2,4-8,10,13,20H,1,3,9,18H2. The minimum atomic E-state index is -0.247. The van der Waals surface area contributed by atoms with Crippen LogP contribution in [0.1, 0.15) is 17.5 Å². The van der Waals surface area contributed by atoms with Gasteiger partial charge in [-0.1, -0.05) is 6.07 Å². The van der Waals surface area contributed by atoms with Crippen molar-refractivity contribution in [1.29, 1.82) is 0 Å². The van der Waals surface area contributed by atoms with Gasteiger partial charge in [-0.05, 0) is 70.6 Å². The molecule has 106 valence electrons. The fourth-order valence-electron chi connectivity index (χ4n) is 2.09. The second-order valence-corrected chi connectivity index (χ2v) is 5.56. The highest BCUT2D eigenvalue weighted by molar-refractivity contribution is 9.10. The van der Waals surface area contributed by atoms with Crippen LogP contribution in [0, 0.1) is 5.82 Å². The summed E-state index contributed by atoms with van der Waals surface area (Å²) in [4.78, 5) is 4.00. The molecule has 3 N–H and O–H groups in total. The Kier molecular flexibility index (Phi) is 5.64. The Morgan fingerprint density at radius 2 is 1.95 bits per heavy atom. The van der Waals surface area contributed by atoms with Crippen molar-refractivity contribution < 1.29 is 4.39 Å². The molecule has 0 aliphatic rings. The lowest BCUT2D eigenvalue weighted by molar-refractivity contribution is 0.491. The number of nitrogens with one attached hydrogen (secondary N) is 1. The van der Waals surface area contributed by atoms with E-state index >= 15 is 0 Å². The number of nitrogens with zero attached hydrogens (tertiary/aromatic N) is 1. The number of pyridine rings is 1. The largest absolute Gasteiger partial charge is 0.271 e. The summed E-state index contributed by atoms with van der Waals surface area (Å²) >= 11 is 3.20. The molecule has 2 rings (SSSR count). The van der Waals surface area contributed by atoms with E-state index in [2.05, 4.69) is 26.3 Å². The summed E-state index contributed by atoms with van der Waals surface area (Å²) in [5.74, 6) is 5.36. The van der Waals surface area contributed by atoms with Gasteiger partial charge in [-0.15, -0.1) is 0 Å². The molecule has 0 saturated heterocycles. The van der Waals surface area contributed by atoms with Crippen LogP contribution in [0.2, 0.25) is 0 Å². The summed E-state index contributed by atoms with van der Waals surface area (Å²) in [6, 6.07) is 9.21. The first-order valence-electron chi connectivity index (χ1n) is 6.48. The van der Waals surface area contributed by atoms with Gasteiger partial charge in [0.05, 0.1) is 4.47 Å². The quantitative estimate of drug-likeness (QED) is 0.629. The molecule has 1 aromatic carbocycles. The van der Waals surface area contributed by atoms with Crippen molar-refractivity contribution in [3.8, 4) is 0 Å². The Morgan fingerprint density at radius 3 is 2.60 bits per heavy atom. The van der Waals surface area contributed by atoms with Crippen molar-refractivity contribution in [3.63, 3.8) is 0 Å². The van der Waals surface area contributed by atoms with Crippen LogP contribution in [0.3, 0.4) is 0 Å². The Labute approximate surface area is 126 Å². The summed E-state index contributed by atoms with van der Waals surface area (Å²) in [7, 11) is 0. The Bertz CT molecular complexity index is 548. The molecular formula is C15H17BrFN3. The van der Waals surface area contributed by atoms with Crippen LogP contribution in [-0.4, -0.2) is 11.0 Å². The molecule has 1 aromatic heterocycles. The van der Waals surface area contributed by atoms with Crippen LogP contribution >= 0.6 is 15.9 Å². The van der Waals surface area contributed by atoms with Gasteiger partial charge in [-0.3, -0.25) is 16.3 Å². The van der Waals surface area contributed by atoms with E-state index in [0.717, 1.165) is 24.8 Å². The molecule has 3 nitrogen and oxygen atoms in total. The third-order valence-electron chi connectivity index (χ3n) is 3.23. The van der Waals surface area contributed by atoms with Crippen LogP contribution in [0.25, 0.3) is 0 Å². The zero-order valence-electron chi connectivity index (χ0n) is 11.0. The zero-order chi connectivity index (χ0) is 14.4. The van der Waals surface area contributed by atoms with E-state index in [9.17, 15) is 4.39 Å². The second-order valence-electron chi connectivity index (χ2n) is 4.71. The maximum absolute atomic E-state index is 13.2. The Morgan fingerprint density at radius 1 is 1.20 bits per heavy atom. The number of aromatic nitrogens is 1. The fraction of sp³-hybridized carbons (Fsp3) is 0.267. The van der Waals surface area contributed by atoms with Crippen molar-refractivity contribution in [2.45, 2.75) is 25.3 Å². The van der Waals surface area contributed by atoms with Gasteiger partial charge in [0.25, 0.3) is 0 Å². The lowest BCUT2D eigenvalue weighted by Gasteiger charge is -2.16. The monoisotopic (exact) mass is 337 g/mol. The van der Waals surface area contributed by atoms with E-state index in [1.165, 1.54) is 11.6 Å². The molecule has 20 heavy (non-hydrogen) atoms. The average Bonchev–Trinajstić information content (AvgIpc) is 2.48. The lowest BCUT2D eigenvalue weighted by Crippen LogP contribution is -2.37. The van der Waals surface area contributed by atoms with Crippen LogP contribution in [-0.2, 0) is 12.8 Å². The molecule has 0 aliphatic heterocycles. The molecule has 1 atom stereocenters. The predicted octanol–water partition coefficient (Wildman–Crippen LogP) is 2.99. The number of rotatable bonds is 6. The first-order chi connectivity index (χ1) is 9.69. The maximum atomic E-state index is 13.2. The highest BCUT2D eigenvalue weighted by Crippen LogP contribution is 2.18. The van der Waals surface area contributed by atoms with Gasteiger partial charge in [0.15, 0.2) is 0 Å². The molecule has 1 unspecified atom stereocenters. The first-order valence-corrected chi connectivity index (χ1v) is 7.27. The van der Waals surface area contributed by atoms with Gasteiger partial charge >= 0.3 is 0 Å². The predicted molar refractivity (Wildman–Crippen MR) is 81.5 cm³/mol. The maximum Gasteiger partial charge on any atom is 0.137 e. The molecule has 0 fully saturated rings. The Balaban J connectivity index is 1.93. The molecule has 1 heterocycles. The van der Waals surface area contributed by atoms with Crippen molar-refractivity contribution >= 4 is 15.9 Å². The van der Waals surface area contributed by atoms with E-state index in [1.807, 2.05) is 12.1 Å². The van der Waals surface area contributed by atoms with Crippen LogP contribution in [0.15, 0.2) is 47.2 Å². The summed E-state index contributed by atoms with van der Waals surface area (Å²) in [6.07, 6.45) is 6.18. The van der Waals surface area contributed by atoms with E-state index < -0.39 is 0 Å². The van der Waals surface area contributed by atoms with Crippen LogP contribution in [0.4, 0.5) is 4.39 Å². The lowest BCUT2D eigenvalue weighted by atomic mass is 10.00. The minimum Gasteiger partial charge on any atom is -0.271 e. The van der Waals surface area contributed by atoms with Crippen LogP contribution < -0.4 is 11.3 Å². The molecule has 2 aromatic rings. The number of hydrogen-bond donors (Lipinski definition) is 2. The van der Waals surface area contributed by atoms with Crippen molar-refractivity contribution in [3.05, 3.63) is 64.1 Å². The molecule has 0 bridgehead atoms. The molecule has 0 aliphatic carbocycles. The molecule has 0 saturated carbocycles. The molecule has 0 spiro atoms. The van der Waals surface area contributed by atoms with E-state index in [0.29, 0.717) is 4.47 Å². The number of halogens is 2. The van der Waals surface area contributed by atoms with Gasteiger partial charge in [-0.25, -0.2) is 4.39 Å². The summed E-state index contributed by atoms with van der Waals surface area (Å²) in [5.41, 5.74) is 5.12. The fourth-order valence-corrected chi connectivity index (χ4v) is 2.51. The normalized spacial score (nSPS) is 12.3. The smallest absolute Gasteiger partial charge is 0.137 e. The highest BCUT2D eigenvalue weighted by atomic mass is 79.9. The summed E-state index contributed by atoms with van der Waals surface area (Å²) < 4.78 is 13.7. The van der Waals surface area contributed by atoms with Gasteiger partial charge in [-0.2, -0.15) is 0 Å². The minimum absolute atomic E-state index is 0.153. The molecule has 0 radical (unpaired) electrons. The summed E-state index contributed by atoms with van der Waals surface area (Å²) in [5, 5.41) is 0. The number of nitrogens with two attached hydrogens (primary N) is 1. The number of hydrazine groups is 1. The third kappa shape index (κ3) is 4.37. The van der Waals surface area contributed by atoms with Gasteiger partial charge in [0.2, 0.25) is 0 Å². The number of benzene rings is 1. The van der Waals surface area contributed by atoms with Crippen molar-refractivity contribution in [2.24, 2.45) is 5.84 Å². The third-order valence-corrected chi connectivity index (χ3v) is 3.84. The summed E-state index contributed by atoms with van der Waals surface area (Å²) in [6.45, 7) is 0. The molecular weight excluding hydrogens is 321 g/mol. The van der Waals surface area contributed by atoms with Crippen LogP contribution in [0.5, 0.6) is 0 Å². The number of hydrogen-bond acceptors (Lipinski definition) is 3. The van der Waals surface area contributed by atoms with Crippen molar-refractivity contribution in [2.75, 3.05) is 0 Å². The zero-order valence-corrected chi connectivity index (χ0v) is 12.6. The topological polar surface area (TPSA) is 50.9 Å². The number of aryl methyl sites for hydroxylation is 1. The first kappa shape index (κ1) is 15.1. The molecule has 5 heteroatoms. The highest BCUT2D eigenvalue weighted by Gasteiger charge is 2.09. The second kappa shape index (κ2) is 7.47. The average molecular weight is 338 g/mol. The van der Waals surface area contributed by atoms with Gasteiger partial charge in [0, 0.05) is 18.4 Å². The van der Waals surface area contributed by atoms with Gasteiger partial charge in [0.1, 0.15) is 5.82 Å². The Hall–Kier alpha value is -1.30. The molecule has 0 amide bonds. The van der Waals surface area contributed by atoms with E-state index in [-0.39, 0.29) is 11.9 Å². The van der Waals surface area contributed by atoms with E-state index in [4.69, 9.17) is 5.84 Å². The van der Waals surface area contributed by atoms with Crippen molar-refractivity contribution in [1.82, 2.24) is 10.4 Å². The van der Waals surface area contributed by atoms with E-state index in [1.54, 1.807) is 24.5 Å². The SMILES string of the molecule is NNC(CCc1ccncc1)Cc1ccc(F)c(Br)c1.